The van der Waals surface area contributed by atoms with Crippen molar-refractivity contribution in [3.05, 3.63) is 23.4 Å². The molecule has 12 heavy (non-hydrogen) atoms. The lowest BCUT2D eigenvalue weighted by Gasteiger charge is -2.05. The molecule has 0 fully saturated rings. The fraction of sp³-hybridized carbons (Fsp3) is 0.222. The highest BCUT2D eigenvalue weighted by Gasteiger charge is 2.02. The van der Waals surface area contributed by atoms with E-state index >= 15 is 0 Å². The molecule has 0 aliphatic rings. The van der Waals surface area contributed by atoms with Gasteiger partial charge in [0.15, 0.2) is 0 Å². The molecule has 3 nitrogen and oxygen atoms in total. The van der Waals surface area contributed by atoms with Crippen LogP contribution in [0.5, 0.6) is 0 Å². The maximum absolute atomic E-state index is 5.64. The molecule has 3 heteroatoms. The third-order valence-electron chi connectivity index (χ3n) is 1.62. The largest absolute Gasteiger partial charge is 0.383 e. The predicted octanol–water partition coefficient (Wildman–Crippen LogP) is 0.665. The van der Waals surface area contributed by atoms with E-state index in [4.69, 9.17) is 17.9 Å². The predicted molar refractivity (Wildman–Crippen MR) is 49.2 cm³/mol. The fourth-order valence-electron chi connectivity index (χ4n) is 0.856. The highest BCUT2D eigenvalue weighted by Crippen LogP contribution is 2.13. The number of nitrogens with two attached hydrogens (primary N) is 2. The van der Waals surface area contributed by atoms with E-state index in [1.165, 1.54) is 0 Å². The minimum absolute atomic E-state index is 0.0646. The van der Waals surface area contributed by atoms with E-state index < -0.39 is 0 Å². The van der Waals surface area contributed by atoms with E-state index in [1.54, 1.807) is 12.3 Å². The van der Waals surface area contributed by atoms with Gasteiger partial charge in [0.2, 0.25) is 0 Å². The molecule has 1 atom stereocenters. The van der Waals surface area contributed by atoms with Gasteiger partial charge in [-0.05, 0) is 18.6 Å². The van der Waals surface area contributed by atoms with Crippen molar-refractivity contribution in [3.63, 3.8) is 0 Å². The summed E-state index contributed by atoms with van der Waals surface area (Å²) < 4.78 is 0. The highest BCUT2D eigenvalue weighted by molar-refractivity contribution is 5.51. The molecule has 0 spiro atoms. The van der Waals surface area contributed by atoms with E-state index in [1.807, 2.05) is 6.92 Å². The van der Waals surface area contributed by atoms with Crippen molar-refractivity contribution < 1.29 is 0 Å². The zero-order valence-electron chi connectivity index (χ0n) is 6.91. The third-order valence-corrected chi connectivity index (χ3v) is 1.62. The van der Waals surface area contributed by atoms with Crippen molar-refractivity contribution in [2.45, 2.75) is 13.0 Å². The molecule has 1 aromatic heterocycles. The van der Waals surface area contributed by atoms with Crippen molar-refractivity contribution in [2.75, 3.05) is 5.73 Å². The first-order chi connectivity index (χ1) is 5.65. The van der Waals surface area contributed by atoms with Crippen LogP contribution in [-0.4, -0.2) is 4.98 Å². The van der Waals surface area contributed by atoms with Crippen LogP contribution in [0.2, 0.25) is 0 Å². The first-order valence-corrected chi connectivity index (χ1v) is 3.62. The van der Waals surface area contributed by atoms with Crippen LogP contribution in [0.25, 0.3) is 0 Å². The maximum Gasteiger partial charge on any atom is 0.139 e. The molecule has 0 aliphatic carbocycles. The Morgan fingerprint density at radius 1 is 1.67 bits per heavy atom. The van der Waals surface area contributed by atoms with Gasteiger partial charge in [-0.3, -0.25) is 0 Å². The zero-order chi connectivity index (χ0) is 9.14. The van der Waals surface area contributed by atoms with Gasteiger partial charge in [0, 0.05) is 12.2 Å². The van der Waals surface area contributed by atoms with Crippen LogP contribution in [0.4, 0.5) is 5.82 Å². The number of anilines is 1. The van der Waals surface area contributed by atoms with Gasteiger partial charge in [-0.15, -0.1) is 6.42 Å². The van der Waals surface area contributed by atoms with Crippen molar-refractivity contribution >= 4 is 5.82 Å². The van der Waals surface area contributed by atoms with E-state index in [0.717, 1.165) is 5.56 Å². The van der Waals surface area contributed by atoms with Crippen LogP contribution in [-0.2, 0) is 0 Å². The van der Waals surface area contributed by atoms with E-state index in [-0.39, 0.29) is 6.04 Å². The molecular formula is C9H11N3. The van der Waals surface area contributed by atoms with Gasteiger partial charge in [0.25, 0.3) is 0 Å². The second-order valence-corrected chi connectivity index (χ2v) is 2.63. The van der Waals surface area contributed by atoms with Crippen molar-refractivity contribution in [1.82, 2.24) is 4.98 Å². The van der Waals surface area contributed by atoms with Crippen LogP contribution in [0.3, 0.4) is 0 Å². The van der Waals surface area contributed by atoms with Gasteiger partial charge in [-0.2, -0.15) is 0 Å². The SMILES string of the molecule is C#Cc1cc(C(C)N)cnc1N. The summed E-state index contributed by atoms with van der Waals surface area (Å²) >= 11 is 0. The lowest BCUT2D eigenvalue weighted by Crippen LogP contribution is -2.07. The minimum Gasteiger partial charge on any atom is -0.383 e. The van der Waals surface area contributed by atoms with Crippen LogP contribution in [0.15, 0.2) is 12.3 Å². The molecule has 1 heterocycles. The average Bonchev–Trinajstić information content (AvgIpc) is 2.05. The number of nitrogens with zero attached hydrogens (tertiary/aromatic N) is 1. The molecule has 1 rings (SSSR count). The summed E-state index contributed by atoms with van der Waals surface area (Å²) in [5, 5.41) is 0. The lowest BCUT2D eigenvalue weighted by molar-refractivity contribution is 0.812. The summed E-state index contributed by atoms with van der Waals surface area (Å²) in [4.78, 5) is 3.93. The zero-order valence-corrected chi connectivity index (χ0v) is 6.91. The van der Waals surface area contributed by atoms with E-state index in [2.05, 4.69) is 10.9 Å². The van der Waals surface area contributed by atoms with Gasteiger partial charge in [0.1, 0.15) is 5.82 Å². The molecule has 4 N–H and O–H groups in total. The number of aromatic nitrogens is 1. The molecule has 62 valence electrons. The first kappa shape index (κ1) is 8.57. The molecule has 0 saturated carbocycles. The summed E-state index contributed by atoms with van der Waals surface area (Å²) in [5.41, 5.74) is 12.6. The molecule has 0 aliphatic heterocycles. The van der Waals surface area contributed by atoms with Crippen LogP contribution in [0, 0.1) is 12.3 Å². The number of pyridine rings is 1. The smallest absolute Gasteiger partial charge is 0.139 e. The summed E-state index contributed by atoms with van der Waals surface area (Å²) in [6.07, 6.45) is 6.85. The van der Waals surface area contributed by atoms with E-state index in [0.29, 0.717) is 11.4 Å². The van der Waals surface area contributed by atoms with Crippen molar-refractivity contribution in [2.24, 2.45) is 5.73 Å². The van der Waals surface area contributed by atoms with Gasteiger partial charge in [0.05, 0.1) is 5.56 Å². The Morgan fingerprint density at radius 2 is 2.33 bits per heavy atom. The van der Waals surface area contributed by atoms with Crippen molar-refractivity contribution in [3.8, 4) is 12.3 Å². The molecule has 0 amide bonds. The Hall–Kier alpha value is -1.53. The van der Waals surface area contributed by atoms with Crippen LogP contribution >= 0.6 is 0 Å². The molecule has 0 aromatic carbocycles. The van der Waals surface area contributed by atoms with Crippen molar-refractivity contribution in [1.29, 1.82) is 0 Å². The highest BCUT2D eigenvalue weighted by atomic mass is 14.8. The monoisotopic (exact) mass is 161 g/mol. The third kappa shape index (κ3) is 1.55. The second-order valence-electron chi connectivity index (χ2n) is 2.63. The standard InChI is InChI=1S/C9H11N3/c1-3-7-4-8(6(2)10)5-12-9(7)11/h1,4-6H,10H2,2H3,(H2,11,12). The number of hydrogen-bond acceptors (Lipinski definition) is 3. The van der Waals surface area contributed by atoms with Gasteiger partial charge in [-0.25, -0.2) is 4.98 Å². The Balaban J connectivity index is 3.16. The van der Waals surface area contributed by atoms with Gasteiger partial charge in [-0.1, -0.05) is 5.92 Å². The topological polar surface area (TPSA) is 64.9 Å². The lowest BCUT2D eigenvalue weighted by atomic mass is 10.1. The Labute approximate surface area is 71.8 Å². The summed E-state index contributed by atoms with van der Waals surface area (Å²) in [6, 6.07) is 1.72. The first-order valence-electron chi connectivity index (χ1n) is 3.62. The molecule has 1 unspecified atom stereocenters. The molecule has 0 saturated heterocycles. The number of hydrogen-bond donors (Lipinski definition) is 2. The number of terminal acetylenes is 1. The summed E-state index contributed by atoms with van der Waals surface area (Å²) in [6.45, 7) is 1.87. The Bertz CT molecular complexity index is 323. The van der Waals surface area contributed by atoms with Crippen LogP contribution < -0.4 is 11.5 Å². The second kappa shape index (κ2) is 3.24. The molecule has 0 radical (unpaired) electrons. The summed E-state index contributed by atoms with van der Waals surface area (Å²) in [7, 11) is 0. The Morgan fingerprint density at radius 3 is 2.83 bits per heavy atom. The minimum atomic E-state index is -0.0646. The Kier molecular flexibility index (Phi) is 2.32. The van der Waals surface area contributed by atoms with Gasteiger partial charge < -0.3 is 11.5 Å². The number of nitrogen functional groups attached to an aromatic ring is 1. The maximum atomic E-state index is 5.64. The average molecular weight is 161 g/mol. The normalized spacial score (nSPS) is 12.1. The number of rotatable bonds is 1. The van der Waals surface area contributed by atoms with E-state index in [9.17, 15) is 0 Å². The van der Waals surface area contributed by atoms with Gasteiger partial charge >= 0.3 is 0 Å². The quantitative estimate of drug-likeness (QED) is 0.595. The molecule has 1 aromatic rings. The molecule has 0 bridgehead atoms. The van der Waals surface area contributed by atoms with Crippen LogP contribution in [0.1, 0.15) is 24.1 Å². The molecular weight excluding hydrogens is 150 g/mol. The summed E-state index contributed by atoms with van der Waals surface area (Å²) in [5.74, 6) is 2.82. The fourth-order valence-corrected chi connectivity index (χ4v) is 0.856.